The zero-order valence-corrected chi connectivity index (χ0v) is 20.0. The summed E-state index contributed by atoms with van der Waals surface area (Å²) in [5.41, 5.74) is 4.23. The molecule has 2 aromatic rings. The van der Waals surface area contributed by atoms with E-state index in [0.29, 0.717) is 12.8 Å². The van der Waals surface area contributed by atoms with E-state index < -0.39 is 17.5 Å². The lowest BCUT2D eigenvalue weighted by Crippen LogP contribution is -2.42. The number of nitrogens with one attached hydrogen (secondary N) is 2. The first kappa shape index (κ1) is 23.4. The van der Waals surface area contributed by atoms with Crippen LogP contribution >= 0.6 is 0 Å². The van der Waals surface area contributed by atoms with E-state index in [9.17, 15) is 14.4 Å². The summed E-state index contributed by atoms with van der Waals surface area (Å²) in [6, 6.07) is 16.0. The molecule has 0 aliphatic heterocycles. The number of carboxylic acids is 1. The lowest BCUT2D eigenvalue weighted by atomic mass is 9.98. The molecule has 0 saturated heterocycles. The Hall–Kier alpha value is -3.35. The van der Waals surface area contributed by atoms with E-state index in [4.69, 9.17) is 9.84 Å². The average Bonchev–Trinajstić information content (AvgIpc) is 3.26. The van der Waals surface area contributed by atoms with Gasteiger partial charge in [-0.3, -0.25) is 9.59 Å². The molecule has 3 N–H and O–H groups in total. The van der Waals surface area contributed by atoms with Crippen molar-refractivity contribution in [1.82, 2.24) is 10.6 Å². The highest BCUT2D eigenvalue weighted by Gasteiger charge is 2.65. The van der Waals surface area contributed by atoms with Crippen LogP contribution in [0.2, 0.25) is 0 Å². The summed E-state index contributed by atoms with van der Waals surface area (Å²) in [6.45, 7) is 2.23. The number of carbonyl (C=O) groups excluding carboxylic acids is 2. The number of hydrogen-bond acceptors (Lipinski definition) is 4. The Morgan fingerprint density at radius 2 is 1.71 bits per heavy atom. The molecule has 0 aromatic heterocycles. The van der Waals surface area contributed by atoms with Gasteiger partial charge in [0.1, 0.15) is 6.61 Å². The molecule has 3 aliphatic carbocycles. The first-order valence-corrected chi connectivity index (χ1v) is 12.6. The topological polar surface area (TPSA) is 105 Å². The van der Waals surface area contributed by atoms with Gasteiger partial charge in [0, 0.05) is 18.0 Å². The van der Waals surface area contributed by atoms with Crippen molar-refractivity contribution in [1.29, 1.82) is 0 Å². The molecule has 5 rings (SSSR count). The van der Waals surface area contributed by atoms with Crippen LogP contribution in [-0.4, -0.2) is 41.8 Å². The third-order valence-electron chi connectivity index (χ3n) is 7.92. The number of rotatable bonds is 9. The van der Waals surface area contributed by atoms with Crippen LogP contribution in [0.4, 0.5) is 4.79 Å². The summed E-state index contributed by atoms with van der Waals surface area (Å²) < 4.78 is 5.67. The predicted octanol–water partition coefficient (Wildman–Crippen LogP) is 4.45. The lowest BCUT2D eigenvalue weighted by Gasteiger charge is -2.22. The Morgan fingerprint density at radius 3 is 2.34 bits per heavy atom. The number of carbonyl (C=O) groups is 3. The van der Waals surface area contributed by atoms with Crippen molar-refractivity contribution in [2.75, 3.05) is 6.61 Å². The molecule has 0 heterocycles. The van der Waals surface area contributed by atoms with Crippen LogP contribution in [0.1, 0.15) is 62.5 Å². The minimum Gasteiger partial charge on any atom is -0.481 e. The van der Waals surface area contributed by atoms with Gasteiger partial charge in [0.15, 0.2) is 0 Å². The summed E-state index contributed by atoms with van der Waals surface area (Å²) in [4.78, 5) is 36.8. The molecule has 2 saturated carbocycles. The van der Waals surface area contributed by atoms with Crippen LogP contribution in [0.3, 0.4) is 0 Å². The third kappa shape index (κ3) is 4.51. The predicted molar refractivity (Wildman–Crippen MR) is 131 cm³/mol. The zero-order valence-electron chi connectivity index (χ0n) is 20.0. The van der Waals surface area contributed by atoms with Gasteiger partial charge in [0.2, 0.25) is 5.91 Å². The molecule has 0 radical (unpaired) electrons. The maximum absolute atomic E-state index is 13.0. The van der Waals surface area contributed by atoms with E-state index in [0.717, 1.165) is 19.3 Å². The average molecular weight is 477 g/mol. The number of alkyl carbamates (subject to hydrolysis) is 1. The van der Waals surface area contributed by atoms with Gasteiger partial charge in [-0.05, 0) is 53.9 Å². The summed E-state index contributed by atoms with van der Waals surface area (Å²) in [5.74, 6) is -0.741. The first-order valence-electron chi connectivity index (χ1n) is 12.6. The fourth-order valence-corrected chi connectivity index (χ4v) is 6.21. The largest absolute Gasteiger partial charge is 0.481 e. The van der Waals surface area contributed by atoms with Crippen LogP contribution in [0.15, 0.2) is 48.5 Å². The van der Waals surface area contributed by atoms with E-state index in [1.165, 1.54) is 22.3 Å². The summed E-state index contributed by atoms with van der Waals surface area (Å²) in [6.07, 6.45) is 3.04. The quantitative estimate of drug-likeness (QED) is 0.496. The van der Waals surface area contributed by atoms with Crippen molar-refractivity contribution in [3.63, 3.8) is 0 Å². The number of hydrogen-bond donors (Lipinski definition) is 3. The van der Waals surface area contributed by atoms with Crippen LogP contribution in [0, 0.1) is 11.3 Å². The first-order chi connectivity index (χ1) is 16.9. The van der Waals surface area contributed by atoms with E-state index >= 15 is 0 Å². The van der Waals surface area contributed by atoms with E-state index in [1.807, 2.05) is 31.2 Å². The molecule has 1 unspecified atom stereocenters. The standard InChI is InChI=1S/C28H32N2O5/c1-2-7-18(13-25(31)32)29-26(33)28-14-17(28)12-19(15-28)30-27(34)35-16-24-22-10-5-3-8-20(22)21-9-4-6-11-23(21)24/h3-6,8-11,17-19,24H,2,7,12-16H2,1H3,(H,29,33)(H,30,34)(H,31,32)/t17-,18?,19+,28+/m1/s1. The lowest BCUT2D eigenvalue weighted by molar-refractivity contribution is -0.138. The second-order valence-electron chi connectivity index (χ2n) is 10.2. The van der Waals surface area contributed by atoms with Crippen LogP contribution in [0.25, 0.3) is 11.1 Å². The normalized spacial score (nSPS) is 24.6. The van der Waals surface area contributed by atoms with Gasteiger partial charge in [-0.1, -0.05) is 61.9 Å². The Bertz CT molecular complexity index is 1100. The van der Waals surface area contributed by atoms with Gasteiger partial charge >= 0.3 is 12.1 Å². The number of benzene rings is 2. The molecule has 35 heavy (non-hydrogen) atoms. The van der Waals surface area contributed by atoms with Crippen molar-refractivity contribution in [3.8, 4) is 11.1 Å². The monoisotopic (exact) mass is 476 g/mol. The van der Waals surface area contributed by atoms with Gasteiger partial charge in [0.25, 0.3) is 0 Å². The number of carboxylic acid groups (broad SMARTS) is 1. The van der Waals surface area contributed by atoms with E-state index in [2.05, 4.69) is 34.9 Å². The minimum atomic E-state index is -0.908. The van der Waals surface area contributed by atoms with E-state index in [1.54, 1.807) is 0 Å². The minimum absolute atomic E-state index is 0.00647. The molecule has 7 heteroatoms. The summed E-state index contributed by atoms with van der Waals surface area (Å²) in [7, 11) is 0. The molecule has 7 nitrogen and oxygen atoms in total. The molecule has 4 atom stereocenters. The summed E-state index contributed by atoms with van der Waals surface area (Å²) >= 11 is 0. The molecule has 2 amide bonds. The fraction of sp³-hybridized carbons (Fsp3) is 0.464. The van der Waals surface area contributed by atoms with Crippen LogP contribution in [0.5, 0.6) is 0 Å². The molecular weight excluding hydrogens is 444 g/mol. The molecule has 0 spiro atoms. The fourth-order valence-electron chi connectivity index (χ4n) is 6.21. The molecule has 3 aliphatic rings. The van der Waals surface area contributed by atoms with Gasteiger partial charge in [-0.25, -0.2) is 4.79 Å². The van der Waals surface area contributed by atoms with Crippen molar-refractivity contribution in [2.45, 2.75) is 63.5 Å². The van der Waals surface area contributed by atoms with Crippen LogP contribution < -0.4 is 10.6 Å². The SMILES string of the molecule is CCCC(CC(=O)O)NC(=O)[C@@]12C[C@@H](NC(=O)OCC3c4ccccc4-c4ccccc43)C[C@@H]1C2. The van der Waals surface area contributed by atoms with Gasteiger partial charge in [-0.15, -0.1) is 0 Å². The van der Waals surface area contributed by atoms with Crippen LogP contribution in [-0.2, 0) is 14.3 Å². The van der Waals surface area contributed by atoms with Crippen molar-refractivity contribution in [3.05, 3.63) is 59.7 Å². The second kappa shape index (κ2) is 9.36. The molecule has 184 valence electrons. The van der Waals surface area contributed by atoms with Gasteiger partial charge in [0.05, 0.1) is 11.8 Å². The molecule has 0 bridgehead atoms. The number of fused-ring (bicyclic) bond motifs is 4. The Kier molecular flexibility index (Phi) is 6.26. The third-order valence-corrected chi connectivity index (χ3v) is 7.92. The molecule has 2 aromatic carbocycles. The van der Waals surface area contributed by atoms with E-state index in [-0.39, 0.29) is 42.9 Å². The second-order valence-corrected chi connectivity index (χ2v) is 10.2. The maximum atomic E-state index is 13.0. The summed E-state index contributed by atoms with van der Waals surface area (Å²) in [5, 5.41) is 15.1. The number of ether oxygens (including phenoxy) is 1. The van der Waals surface area contributed by atoms with Gasteiger partial charge in [-0.2, -0.15) is 0 Å². The van der Waals surface area contributed by atoms with Gasteiger partial charge < -0.3 is 20.5 Å². The van der Waals surface area contributed by atoms with Crippen molar-refractivity contribution < 1.29 is 24.2 Å². The highest BCUT2D eigenvalue weighted by Crippen LogP contribution is 2.63. The number of amides is 2. The highest BCUT2D eigenvalue weighted by atomic mass is 16.5. The molecular formula is C28H32N2O5. The number of aliphatic carboxylic acids is 1. The Morgan fingerprint density at radius 1 is 1.06 bits per heavy atom. The maximum Gasteiger partial charge on any atom is 0.407 e. The van der Waals surface area contributed by atoms with Crippen molar-refractivity contribution >= 4 is 18.0 Å². The Balaban J connectivity index is 1.15. The van der Waals surface area contributed by atoms with Crippen molar-refractivity contribution in [2.24, 2.45) is 11.3 Å². The molecule has 2 fully saturated rings. The smallest absolute Gasteiger partial charge is 0.407 e. The Labute approximate surface area is 205 Å². The highest BCUT2D eigenvalue weighted by molar-refractivity contribution is 5.87. The zero-order chi connectivity index (χ0) is 24.6.